The number of benzene rings is 6. The first kappa shape index (κ1) is 103. The van der Waals surface area contributed by atoms with Crippen molar-refractivity contribution in [3.63, 3.8) is 0 Å². The SMILES string of the molecule is CCCC[C@H]1C(=O)N(C)CC(=O)C[C@@H](COC=O)C(=O)C[C@@H](C(C)C)C(=O)N(C)[C@@H](Cc2ccccc2)C(=O)N[C@@H](Cc2ccc(O)c(I)c2)C(=O)N(C)CC(=O)N[C@@H](Cc2c[nH]c3ccccc23)C(=O)N[C@@H](Cc2ccc(O)cc2)C(=O)N[C@@H](CC(C)C)C(=O)N[C@H](C(=O)CCC(N)=O)CSCC(=O)N[C@@H](Cc2ccccc2)C(=O)N(C)[C@@H](Cc2ccccc2)C(=O)N1C. The Morgan fingerprint density at radius 3 is 1.65 bits per heavy atom. The van der Waals surface area contributed by atoms with Crippen LogP contribution in [0.15, 0.2) is 164 Å². The number of ketones is 3. The van der Waals surface area contributed by atoms with Gasteiger partial charge in [0.2, 0.25) is 70.9 Å². The number of halogens is 1. The summed E-state index contributed by atoms with van der Waals surface area (Å²) in [5.74, 6) is -16.2. The molecular formula is C96H120IN13O19S. The molecule has 11 N–H and O–H groups in total. The molecule has 34 heteroatoms. The number of ether oxygens (including phenoxy) is 1. The van der Waals surface area contributed by atoms with E-state index in [1.807, 2.05) is 29.5 Å². The lowest BCUT2D eigenvalue weighted by molar-refractivity contribution is -0.151. The second-order valence-corrected chi connectivity index (χ2v) is 36.1. The van der Waals surface area contributed by atoms with Crippen LogP contribution in [-0.4, -0.2) is 255 Å². The maximum absolute atomic E-state index is 15.6. The molecule has 0 aliphatic carbocycles. The van der Waals surface area contributed by atoms with Crippen LogP contribution in [0.3, 0.4) is 0 Å². The fourth-order valence-corrected chi connectivity index (χ4v) is 17.1. The van der Waals surface area contributed by atoms with Crippen LogP contribution in [0.1, 0.15) is 119 Å². The van der Waals surface area contributed by atoms with Crippen molar-refractivity contribution in [2.24, 2.45) is 29.4 Å². The summed E-state index contributed by atoms with van der Waals surface area (Å²) in [4.78, 5) is 244. The number of carbonyl (C=O) groups is 16. The van der Waals surface area contributed by atoms with Crippen molar-refractivity contribution in [3.05, 3.63) is 201 Å². The molecule has 6 aromatic carbocycles. The van der Waals surface area contributed by atoms with Gasteiger partial charge in [0.1, 0.15) is 72.2 Å². The number of aromatic hydroxyl groups is 2. The molecule has 11 atom stereocenters. The van der Waals surface area contributed by atoms with Gasteiger partial charge in [-0.3, -0.25) is 76.7 Å². The Bertz CT molecular complexity index is 5100. The molecule has 0 radical (unpaired) electrons. The number of thioether (sulfide) groups is 1. The quantitative estimate of drug-likeness (QED) is 0.0230. The van der Waals surface area contributed by atoms with Gasteiger partial charge in [-0.25, -0.2) is 0 Å². The third kappa shape index (κ3) is 30.9. The number of primary amides is 1. The Hall–Kier alpha value is -12.3. The number of nitrogens with zero attached hydrogens (tertiary/aromatic N) is 5. The number of H-pyrrole nitrogens is 1. The van der Waals surface area contributed by atoms with E-state index in [1.165, 1.54) is 86.3 Å². The monoisotopic (exact) mass is 1920 g/mol. The van der Waals surface area contributed by atoms with E-state index in [-0.39, 0.29) is 81.0 Å². The molecule has 8 rings (SSSR count). The highest BCUT2D eigenvalue weighted by molar-refractivity contribution is 14.1. The minimum atomic E-state index is -1.58. The van der Waals surface area contributed by atoms with Crippen molar-refractivity contribution in [1.82, 2.24) is 61.4 Å². The lowest BCUT2D eigenvalue weighted by atomic mass is 9.84. The number of para-hydroxylation sites is 1. The van der Waals surface area contributed by atoms with E-state index >= 15 is 43.2 Å². The first-order chi connectivity index (χ1) is 61.9. The van der Waals surface area contributed by atoms with Crippen LogP contribution in [-0.2, 0) is 120 Å². The molecule has 0 unspecified atom stereocenters. The summed E-state index contributed by atoms with van der Waals surface area (Å²) in [7, 11) is 6.82. The molecule has 1 aliphatic heterocycles. The first-order valence-corrected chi connectivity index (χ1v) is 45.7. The van der Waals surface area contributed by atoms with Gasteiger partial charge in [-0.2, -0.15) is 0 Å². The Labute approximate surface area is 775 Å². The standard InChI is InChI=1S/C96H120IN13O19S/c1-11-12-32-79-95(127)106(6)52-68(113)48-66(54-129-57-111)84(116)50-70(59(4)5)92(124)109(9)80(46-61-26-18-14-19-27-61)91(123)104-76(45-64-35-38-82(114)71(97)42-64)93(125)107(7)53-86(118)100-75(49-65-51-99-72-31-23-22-30-69(65)72)90(122)103-74(43-63-33-36-67(112)37-34-63)89(121)102-73(41-58(2)3)88(120)105-78(83(115)39-40-85(98)117)55-130-56-87(119)101-77(44-60-24-16-13-17-25-60)94(126)110(10)81(96(128)108(79)8)47-62-28-20-15-21-29-62/h13-31,33-38,42,51,57-59,66,70,73-81,99,112,114H,11-12,32,39-41,43-50,52-56H2,1-10H3,(H2,98,117)(H,100,118)(H,101,119)(H,102,121)(H,103,122)(H,104,123)(H,105,120)/t66-,70-,73-,74-,75-,76-,77-,78-,79-,80-,81-/m0/s1. The topological polar surface area (TPSA) is 453 Å². The van der Waals surface area contributed by atoms with Crippen molar-refractivity contribution in [1.29, 1.82) is 0 Å². The molecule has 1 aromatic heterocycles. The van der Waals surface area contributed by atoms with Crippen molar-refractivity contribution in [3.8, 4) is 11.5 Å². The van der Waals surface area contributed by atoms with E-state index in [0.717, 1.165) is 21.6 Å². The smallest absolute Gasteiger partial charge is 0.293 e. The highest BCUT2D eigenvalue weighted by Crippen LogP contribution is 2.29. The summed E-state index contributed by atoms with van der Waals surface area (Å²) in [5.41, 5.74) is 9.38. The van der Waals surface area contributed by atoms with Gasteiger partial charge in [0, 0.05) is 128 Å². The Morgan fingerprint density at radius 2 is 1.05 bits per heavy atom. The van der Waals surface area contributed by atoms with Gasteiger partial charge in [-0.1, -0.05) is 175 Å². The highest BCUT2D eigenvalue weighted by atomic mass is 127. The van der Waals surface area contributed by atoms with Gasteiger partial charge in [0.05, 0.1) is 34.4 Å². The van der Waals surface area contributed by atoms with E-state index in [1.54, 1.807) is 155 Å². The van der Waals surface area contributed by atoms with Crippen LogP contribution < -0.4 is 37.6 Å². The number of carbonyl (C=O) groups excluding carboxylic acids is 16. The van der Waals surface area contributed by atoms with Crippen molar-refractivity contribution in [2.45, 2.75) is 179 Å². The molecule has 696 valence electrons. The summed E-state index contributed by atoms with van der Waals surface area (Å²) in [5, 5.41) is 38.5. The minimum absolute atomic E-state index is 0.0640. The summed E-state index contributed by atoms with van der Waals surface area (Å²) in [6.07, 6.45) is -0.519. The second kappa shape index (κ2) is 50.6. The molecule has 0 bridgehead atoms. The number of hydrogen-bond acceptors (Lipinski definition) is 20. The zero-order valence-corrected chi connectivity index (χ0v) is 78.0. The minimum Gasteiger partial charge on any atom is -0.508 e. The molecule has 32 nitrogen and oxygen atoms in total. The number of aromatic nitrogens is 1. The lowest BCUT2D eigenvalue weighted by Gasteiger charge is -2.37. The Kier molecular flexibility index (Phi) is 40.1. The molecule has 1 fully saturated rings. The number of aromatic amines is 1. The van der Waals surface area contributed by atoms with Crippen LogP contribution in [0.5, 0.6) is 11.5 Å². The number of hydrogen-bond donors (Lipinski definition) is 10. The number of rotatable bonds is 25. The molecule has 12 amide bonds. The van der Waals surface area contributed by atoms with Crippen LogP contribution in [0.25, 0.3) is 10.9 Å². The number of nitrogens with two attached hydrogens (primary N) is 1. The molecule has 0 spiro atoms. The van der Waals surface area contributed by atoms with Crippen LogP contribution in [0.2, 0.25) is 0 Å². The molecule has 7 aromatic rings. The number of likely N-dealkylation sites (N-methyl/N-ethyl adjacent to an activating group) is 5. The fraction of sp³-hybridized carbons (Fsp3) is 0.438. The van der Waals surface area contributed by atoms with Gasteiger partial charge in [0.15, 0.2) is 11.6 Å². The number of amides is 12. The number of fused-ring (bicyclic) bond motifs is 1. The second-order valence-electron chi connectivity index (χ2n) is 33.9. The van der Waals surface area contributed by atoms with E-state index in [9.17, 15) is 43.8 Å². The fourth-order valence-electron chi connectivity index (χ4n) is 15.6. The largest absolute Gasteiger partial charge is 0.508 e. The first-order valence-electron chi connectivity index (χ1n) is 43.4. The van der Waals surface area contributed by atoms with Gasteiger partial charge >= 0.3 is 0 Å². The lowest BCUT2D eigenvalue weighted by Crippen LogP contribution is -2.59. The molecule has 130 heavy (non-hydrogen) atoms. The van der Waals surface area contributed by atoms with E-state index in [0.29, 0.717) is 60.7 Å². The van der Waals surface area contributed by atoms with Crippen LogP contribution >= 0.6 is 34.4 Å². The number of nitrogens with one attached hydrogen (secondary N) is 7. The molecule has 2 heterocycles. The predicted molar refractivity (Wildman–Crippen MR) is 498 cm³/mol. The number of Topliss-reactive ketones (excluding diaryl/α,β-unsaturated/α-hetero) is 3. The maximum Gasteiger partial charge on any atom is 0.293 e. The average Bonchev–Trinajstić information content (AvgIpc) is 1.14. The third-order valence-electron chi connectivity index (χ3n) is 23.0. The van der Waals surface area contributed by atoms with Crippen molar-refractivity contribution < 1.29 is 91.7 Å². The Morgan fingerprint density at radius 1 is 0.531 bits per heavy atom. The van der Waals surface area contributed by atoms with Gasteiger partial charge in [0.25, 0.3) is 6.47 Å². The summed E-state index contributed by atoms with van der Waals surface area (Å²) in [6, 6.07) is 30.5. The van der Waals surface area contributed by atoms with E-state index in [2.05, 4.69) is 36.9 Å². The normalized spacial score (nSPS) is 22.0. The number of phenols is 2. The van der Waals surface area contributed by atoms with Gasteiger partial charge in [-0.15, -0.1) is 11.8 Å². The number of phenolic OH excluding ortho intramolecular Hbond substituents is 2. The molecular weight excluding hydrogens is 1800 g/mol. The van der Waals surface area contributed by atoms with Crippen molar-refractivity contribution >= 4 is 140 Å². The molecule has 1 saturated heterocycles. The Balaban J connectivity index is 1.22. The number of unbranched alkanes of at least 4 members (excludes halogenated alkanes) is 1. The zero-order valence-electron chi connectivity index (χ0n) is 75.0. The zero-order chi connectivity index (χ0) is 95.0. The predicted octanol–water partition coefficient (Wildman–Crippen LogP) is 6.04. The summed E-state index contributed by atoms with van der Waals surface area (Å²) in [6.45, 7) is 6.88. The van der Waals surface area contributed by atoms with Gasteiger partial charge in [-0.05, 0) is 111 Å². The van der Waals surface area contributed by atoms with Crippen molar-refractivity contribution in [2.75, 3.05) is 66.4 Å². The molecule has 1 aliphatic rings. The summed E-state index contributed by atoms with van der Waals surface area (Å²) >= 11 is 2.78. The third-order valence-corrected chi connectivity index (χ3v) is 24.9. The van der Waals surface area contributed by atoms with Gasteiger partial charge < -0.3 is 82.1 Å². The highest BCUT2D eigenvalue weighted by Gasteiger charge is 2.42. The van der Waals surface area contributed by atoms with Crippen LogP contribution in [0, 0.1) is 27.2 Å². The van der Waals surface area contributed by atoms with E-state index < -0.39 is 211 Å². The van der Waals surface area contributed by atoms with Crippen LogP contribution in [0.4, 0.5) is 0 Å². The van der Waals surface area contributed by atoms with E-state index in [4.69, 9.17) is 10.5 Å². The maximum atomic E-state index is 15.6. The summed E-state index contributed by atoms with van der Waals surface area (Å²) < 4.78 is 5.55. The average molecular weight is 1920 g/mol. The molecule has 0 saturated carbocycles.